The van der Waals surface area contributed by atoms with Crippen LogP contribution in [0.4, 0.5) is 5.69 Å². The average Bonchev–Trinajstić information content (AvgIpc) is 3.08. The van der Waals surface area contributed by atoms with E-state index in [0.29, 0.717) is 23.8 Å². The van der Waals surface area contributed by atoms with Gasteiger partial charge in [0.05, 0.1) is 16.5 Å². The van der Waals surface area contributed by atoms with E-state index in [9.17, 15) is 14.9 Å². The number of nitrogens with one attached hydrogen (secondary N) is 1. The first-order chi connectivity index (χ1) is 10.5. The molecule has 0 aliphatic heterocycles. The van der Waals surface area contributed by atoms with Gasteiger partial charge in [-0.3, -0.25) is 24.3 Å². The molecule has 22 heavy (non-hydrogen) atoms. The van der Waals surface area contributed by atoms with Gasteiger partial charge < -0.3 is 5.32 Å². The lowest BCUT2D eigenvalue weighted by Gasteiger charge is -2.01. The van der Waals surface area contributed by atoms with Crippen LogP contribution in [0.2, 0.25) is 5.02 Å². The van der Waals surface area contributed by atoms with E-state index in [1.54, 1.807) is 17.8 Å². The average molecular weight is 327 g/mol. The highest BCUT2D eigenvalue weighted by Crippen LogP contribution is 2.17. The molecule has 0 fully saturated rings. The van der Waals surface area contributed by atoms with Crippen LogP contribution in [0.15, 0.2) is 12.4 Å². The normalized spacial score (nSPS) is 10.7. The number of carbonyl (C=O) groups is 1. The summed E-state index contributed by atoms with van der Waals surface area (Å²) in [4.78, 5) is 22.4. The zero-order chi connectivity index (χ0) is 16.3. The summed E-state index contributed by atoms with van der Waals surface area (Å²) in [5.41, 5.74) is -0.0584. The molecule has 118 valence electrons. The first-order valence-corrected chi connectivity index (χ1v) is 7.05. The molecule has 2 rings (SSSR count). The lowest BCUT2D eigenvalue weighted by Crippen LogP contribution is -2.24. The monoisotopic (exact) mass is 326 g/mol. The Hall–Kier alpha value is -2.42. The van der Waals surface area contributed by atoms with Gasteiger partial charge in [0.15, 0.2) is 0 Å². The Morgan fingerprint density at radius 1 is 1.32 bits per heavy atom. The van der Waals surface area contributed by atoms with Crippen LogP contribution in [0.3, 0.4) is 0 Å². The van der Waals surface area contributed by atoms with Crippen molar-refractivity contribution < 1.29 is 9.72 Å². The highest BCUT2D eigenvalue weighted by Gasteiger charge is 2.25. The fourth-order valence-corrected chi connectivity index (χ4v) is 2.05. The van der Waals surface area contributed by atoms with Gasteiger partial charge >= 0.3 is 5.69 Å². The number of rotatable bonds is 6. The molecule has 0 aromatic carbocycles. The second-order valence-corrected chi connectivity index (χ2v) is 4.85. The molecule has 10 heteroatoms. The van der Waals surface area contributed by atoms with Crippen LogP contribution in [0, 0.1) is 10.1 Å². The highest BCUT2D eigenvalue weighted by molar-refractivity contribution is 6.31. The molecule has 0 unspecified atom stereocenters. The van der Waals surface area contributed by atoms with Crippen molar-refractivity contribution >= 4 is 23.2 Å². The third-order valence-electron chi connectivity index (χ3n) is 3.01. The Bertz CT molecular complexity index is 708. The topological polar surface area (TPSA) is 108 Å². The summed E-state index contributed by atoms with van der Waals surface area (Å²) >= 11 is 6.00. The Labute approximate surface area is 131 Å². The van der Waals surface area contributed by atoms with Gasteiger partial charge in [0, 0.05) is 19.3 Å². The zero-order valence-electron chi connectivity index (χ0n) is 12.1. The van der Waals surface area contributed by atoms with Crippen molar-refractivity contribution in [1.82, 2.24) is 24.9 Å². The number of nitrogens with zero attached hydrogens (tertiary/aromatic N) is 5. The summed E-state index contributed by atoms with van der Waals surface area (Å²) in [7, 11) is 0. The largest absolute Gasteiger partial charge is 0.345 e. The maximum atomic E-state index is 12.1. The molecular weight excluding hydrogens is 312 g/mol. The van der Waals surface area contributed by atoms with E-state index in [4.69, 9.17) is 11.6 Å². The molecule has 0 spiro atoms. The van der Waals surface area contributed by atoms with Gasteiger partial charge in [-0.25, -0.2) is 0 Å². The van der Waals surface area contributed by atoms with Crippen molar-refractivity contribution in [3.63, 3.8) is 0 Å². The molecule has 0 bridgehead atoms. The fraction of sp³-hybridized carbons (Fsp3) is 0.417. The third kappa shape index (κ3) is 3.25. The van der Waals surface area contributed by atoms with Crippen LogP contribution in [-0.2, 0) is 19.6 Å². The molecule has 1 amide bonds. The minimum absolute atomic E-state index is 0.0702. The van der Waals surface area contributed by atoms with Crippen LogP contribution in [-0.4, -0.2) is 30.4 Å². The van der Waals surface area contributed by atoms with Crippen LogP contribution in [0.5, 0.6) is 0 Å². The summed E-state index contributed by atoms with van der Waals surface area (Å²) in [6.45, 7) is 4.84. The van der Waals surface area contributed by atoms with Crippen LogP contribution >= 0.6 is 11.6 Å². The van der Waals surface area contributed by atoms with Crippen LogP contribution in [0.25, 0.3) is 0 Å². The molecule has 0 aliphatic rings. The van der Waals surface area contributed by atoms with E-state index in [2.05, 4.69) is 15.5 Å². The molecule has 1 N–H and O–H groups in total. The molecule has 0 saturated heterocycles. The number of hydrogen-bond donors (Lipinski definition) is 1. The first kappa shape index (κ1) is 16.0. The predicted molar refractivity (Wildman–Crippen MR) is 78.6 cm³/mol. The van der Waals surface area contributed by atoms with E-state index in [1.807, 2.05) is 6.92 Å². The van der Waals surface area contributed by atoms with Gasteiger partial charge in [-0.1, -0.05) is 11.6 Å². The minimum atomic E-state index is -0.638. The lowest BCUT2D eigenvalue weighted by molar-refractivity contribution is -0.385. The van der Waals surface area contributed by atoms with E-state index in [1.165, 1.54) is 10.9 Å². The van der Waals surface area contributed by atoms with Crippen molar-refractivity contribution in [1.29, 1.82) is 0 Å². The van der Waals surface area contributed by atoms with Gasteiger partial charge in [-0.2, -0.15) is 10.2 Å². The summed E-state index contributed by atoms with van der Waals surface area (Å²) in [5.74, 6) is -0.638. The third-order valence-corrected chi connectivity index (χ3v) is 3.32. The lowest BCUT2D eigenvalue weighted by atomic mass is 10.3. The SMILES string of the molecule is CCn1cc(Cl)c(CNC(=O)c2nn(CC)cc2[N+](=O)[O-])n1. The number of hydrogen-bond acceptors (Lipinski definition) is 5. The van der Waals surface area contributed by atoms with E-state index in [-0.39, 0.29) is 17.9 Å². The molecule has 2 aromatic rings. The molecule has 0 radical (unpaired) electrons. The summed E-state index contributed by atoms with van der Waals surface area (Å²) in [5, 5.41) is 22.0. The van der Waals surface area contributed by atoms with E-state index < -0.39 is 10.8 Å². The second kappa shape index (κ2) is 6.56. The van der Waals surface area contributed by atoms with Crippen LogP contribution < -0.4 is 5.32 Å². The van der Waals surface area contributed by atoms with E-state index >= 15 is 0 Å². The molecule has 0 atom stereocenters. The smallest absolute Gasteiger partial charge is 0.320 e. The Kier molecular flexibility index (Phi) is 4.76. The summed E-state index contributed by atoms with van der Waals surface area (Å²) in [6, 6.07) is 0. The van der Waals surface area contributed by atoms with Gasteiger partial charge in [-0.15, -0.1) is 0 Å². The number of nitro groups is 1. The molecule has 0 saturated carbocycles. The molecule has 2 aromatic heterocycles. The summed E-state index contributed by atoms with van der Waals surface area (Å²) in [6.07, 6.45) is 2.88. The van der Waals surface area contributed by atoms with Gasteiger partial charge in [0.25, 0.3) is 5.91 Å². The number of carbonyl (C=O) groups excluding carboxylic acids is 1. The quantitative estimate of drug-likeness (QED) is 0.641. The number of aryl methyl sites for hydroxylation is 2. The molecule has 2 heterocycles. The number of amides is 1. The Morgan fingerprint density at radius 2 is 1.95 bits per heavy atom. The standard InChI is InChI=1S/C12H15ClN6O3/c1-3-17-6-8(13)9(15-17)5-14-12(20)11-10(19(21)22)7-18(4-2)16-11/h6-7H,3-5H2,1-2H3,(H,14,20). The predicted octanol–water partition coefficient (Wildman–Crippen LogP) is 1.61. The minimum Gasteiger partial charge on any atom is -0.345 e. The Balaban J connectivity index is 2.13. The zero-order valence-corrected chi connectivity index (χ0v) is 12.9. The number of halogens is 1. The Morgan fingerprint density at radius 3 is 2.50 bits per heavy atom. The first-order valence-electron chi connectivity index (χ1n) is 6.68. The summed E-state index contributed by atoms with van der Waals surface area (Å²) < 4.78 is 2.98. The van der Waals surface area contributed by atoms with Crippen LogP contribution in [0.1, 0.15) is 30.0 Å². The van der Waals surface area contributed by atoms with Gasteiger partial charge in [-0.05, 0) is 13.8 Å². The van der Waals surface area contributed by atoms with E-state index in [0.717, 1.165) is 0 Å². The molecular formula is C12H15ClN6O3. The van der Waals surface area contributed by atoms with Crippen molar-refractivity contribution in [2.75, 3.05) is 0 Å². The maximum absolute atomic E-state index is 12.1. The van der Waals surface area contributed by atoms with Crippen molar-refractivity contribution in [2.24, 2.45) is 0 Å². The van der Waals surface area contributed by atoms with Crippen molar-refractivity contribution in [3.05, 3.63) is 38.9 Å². The van der Waals surface area contributed by atoms with Gasteiger partial charge in [0.2, 0.25) is 5.69 Å². The molecule has 9 nitrogen and oxygen atoms in total. The second-order valence-electron chi connectivity index (χ2n) is 4.44. The van der Waals surface area contributed by atoms with Gasteiger partial charge in [0.1, 0.15) is 11.9 Å². The van der Waals surface area contributed by atoms with Crippen molar-refractivity contribution in [3.8, 4) is 0 Å². The highest BCUT2D eigenvalue weighted by atomic mass is 35.5. The van der Waals surface area contributed by atoms with Crippen molar-refractivity contribution in [2.45, 2.75) is 33.5 Å². The number of aromatic nitrogens is 4. The fourth-order valence-electron chi connectivity index (χ4n) is 1.83. The maximum Gasteiger partial charge on any atom is 0.320 e. The molecule has 0 aliphatic carbocycles.